The third-order valence-electron chi connectivity index (χ3n) is 2.51. The molecule has 6 N–H and O–H groups in total. The molecule has 0 atom stereocenters. The molecule has 2 rings (SSSR count). The molecule has 0 aliphatic heterocycles. The van der Waals surface area contributed by atoms with Crippen LogP contribution in [0.4, 0.5) is 11.4 Å². The first-order valence-electron chi connectivity index (χ1n) is 8.01. The summed E-state index contributed by atoms with van der Waals surface area (Å²) in [6.07, 6.45) is 1.43. The number of hydrogen-bond acceptors (Lipinski definition) is 8. The van der Waals surface area contributed by atoms with E-state index in [0.717, 1.165) is 11.5 Å². The number of hydrogen-bond donors (Lipinski definition) is 4. The van der Waals surface area contributed by atoms with Crippen LogP contribution in [0.5, 0.6) is 11.5 Å². The summed E-state index contributed by atoms with van der Waals surface area (Å²) in [5, 5.41) is 0. The third kappa shape index (κ3) is 21.3. The molecule has 2 aromatic rings. The minimum absolute atomic E-state index is 0.314. The maximum atomic E-state index is 9.19. The Labute approximate surface area is 176 Å². The molecular weight excluding hydrogens is 436 g/mol. The van der Waals surface area contributed by atoms with Gasteiger partial charge in [0.05, 0.1) is 12.5 Å². The van der Waals surface area contributed by atoms with E-state index in [9.17, 15) is 16.8 Å². The van der Waals surface area contributed by atoms with Gasteiger partial charge in [-0.05, 0) is 48.5 Å². The Hall–Kier alpha value is -2.98. The van der Waals surface area contributed by atoms with Crippen molar-refractivity contribution in [3.8, 4) is 23.3 Å². The summed E-state index contributed by atoms with van der Waals surface area (Å²) in [4.78, 5) is 0. The molecule has 0 aromatic heterocycles. The molecule has 12 heteroatoms. The standard InChI is InChI=1S/C16H16N2O2.2CH4O3S/c17-13-3-7-15(8-4-13)19-11-1-2-12-20-16-9-5-14(18)6-10-16;2*1-5(2,3)4/h3-10H,11-12,17-18H2;2*1H3,(H,2,3,4). The molecular formula is C18H24N2O8S2. The van der Waals surface area contributed by atoms with Gasteiger partial charge in [-0.15, -0.1) is 0 Å². The fourth-order valence-corrected chi connectivity index (χ4v) is 1.47. The zero-order valence-corrected chi connectivity index (χ0v) is 18.0. The third-order valence-corrected chi connectivity index (χ3v) is 2.51. The van der Waals surface area contributed by atoms with E-state index in [1.807, 2.05) is 24.3 Å². The van der Waals surface area contributed by atoms with Crippen molar-refractivity contribution in [3.63, 3.8) is 0 Å². The highest BCUT2D eigenvalue weighted by Crippen LogP contribution is 2.13. The monoisotopic (exact) mass is 460 g/mol. The molecule has 0 aliphatic rings. The van der Waals surface area contributed by atoms with E-state index < -0.39 is 20.2 Å². The number of ether oxygens (including phenoxy) is 2. The van der Waals surface area contributed by atoms with Gasteiger partial charge < -0.3 is 20.9 Å². The van der Waals surface area contributed by atoms with E-state index in [1.165, 1.54) is 0 Å². The first kappa shape index (κ1) is 27.0. The number of nitrogens with two attached hydrogens (primary N) is 2. The van der Waals surface area contributed by atoms with Crippen molar-refractivity contribution in [2.75, 3.05) is 37.2 Å². The second-order valence-corrected chi connectivity index (χ2v) is 8.47. The van der Waals surface area contributed by atoms with E-state index in [2.05, 4.69) is 11.8 Å². The smallest absolute Gasteiger partial charge is 0.261 e. The lowest BCUT2D eigenvalue weighted by Crippen LogP contribution is -1.97. The summed E-state index contributed by atoms with van der Waals surface area (Å²) in [6, 6.07) is 14.4. The predicted octanol–water partition coefficient (Wildman–Crippen LogP) is 1.32. The van der Waals surface area contributed by atoms with E-state index in [4.69, 9.17) is 30.0 Å². The number of nitrogen functional groups attached to an aromatic ring is 2. The van der Waals surface area contributed by atoms with E-state index >= 15 is 0 Å². The fraction of sp³-hybridized carbons (Fsp3) is 0.222. The second kappa shape index (κ2) is 13.3. The van der Waals surface area contributed by atoms with Crippen molar-refractivity contribution in [2.24, 2.45) is 0 Å². The Kier molecular flexibility index (Phi) is 12.0. The van der Waals surface area contributed by atoms with Crippen molar-refractivity contribution < 1.29 is 35.4 Å². The van der Waals surface area contributed by atoms with Gasteiger partial charge in [0.25, 0.3) is 20.2 Å². The molecule has 30 heavy (non-hydrogen) atoms. The highest BCUT2D eigenvalue weighted by atomic mass is 32.2. The second-order valence-electron chi connectivity index (χ2n) is 5.54. The summed E-state index contributed by atoms with van der Waals surface area (Å²) in [5.41, 5.74) is 12.6. The Morgan fingerprint density at radius 1 is 0.700 bits per heavy atom. The Bertz CT molecular complexity index is 925. The lowest BCUT2D eigenvalue weighted by Gasteiger charge is -2.02. The van der Waals surface area contributed by atoms with Crippen molar-refractivity contribution in [1.29, 1.82) is 0 Å². The molecule has 0 spiro atoms. The maximum Gasteiger partial charge on any atom is 0.261 e. The van der Waals surface area contributed by atoms with Gasteiger partial charge in [-0.1, -0.05) is 11.8 Å². The van der Waals surface area contributed by atoms with Gasteiger partial charge >= 0.3 is 0 Å². The highest BCUT2D eigenvalue weighted by molar-refractivity contribution is 7.85. The van der Waals surface area contributed by atoms with Gasteiger partial charge in [0.15, 0.2) is 0 Å². The number of benzene rings is 2. The van der Waals surface area contributed by atoms with Crippen molar-refractivity contribution >= 4 is 31.6 Å². The van der Waals surface area contributed by atoms with Gasteiger partial charge in [-0.2, -0.15) is 16.8 Å². The molecule has 10 nitrogen and oxygen atoms in total. The molecule has 2 aromatic carbocycles. The lowest BCUT2D eigenvalue weighted by molar-refractivity contribution is 0.362. The zero-order valence-electron chi connectivity index (χ0n) is 16.3. The van der Waals surface area contributed by atoms with Gasteiger partial charge in [-0.25, -0.2) is 0 Å². The summed E-state index contributed by atoms with van der Waals surface area (Å²) < 4.78 is 62.6. The van der Waals surface area contributed by atoms with Crippen molar-refractivity contribution in [1.82, 2.24) is 0 Å². The zero-order chi connectivity index (χ0) is 23.2. The van der Waals surface area contributed by atoms with Crippen LogP contribution in [0.25, 0.3) is 0 Å². The maximum absolute atomic E-state index is 9.19. The lowest BCUT2D eigenvalue weighted by atomic mass is 10.3. The van der Waals surface area contributed by atoms with Gasteiger partial charge in [0.1, 0.15) is 24.7 Å². The highest BCUT2D eigenvalue weighted by Gasteiger charge is 1.92. The SMILES string of the molecule is CS(=O)(=O)O.CS(=O)(=O)O.Nc1ccc(OCC#CCOc2ccc(N)cc2)cc1. The van der Waals surface area contributed by atoms with Crippen LogP contribution in [0.2, 0.25) is 0 Å². The van der Waals surface area contributed by atoms with Crippen LogP contribution in [-0.2, 0) is 20.2 Å². The molecule has 0 heterocycles. The molecule has 0 radical (unpaired) electrons. The first-order valence-corrected chi connectivity index (χ1v) is 11.7. The molecule has 0 saturated heterocycles. The quantitative estimate of drug-likeness (QED) is 0.295. The van der Waals surface area contributed by atoms with Gasteiger partial charge in [-0.3, -0.25) is 9.11 Å². The average Bonchev–Trinajstić information content (AvgIpc) is 2.58. The Morgan fingerprint density at radius 2 is 0.933 bits per heavy atom. The Morgan fingerprint density at radius 3 is 1.17 bits per heavy atom. The summed E-state index contributed by atoms with van der Waals surface area (Å²) in [7, 11) is -7.33. The minimum atomic E-state index is -3.67. The normalized spacial score (nSPS) is 10.1. The molecule has 0 aliphatic carbocycles. The first-order chi connectivity index (χ1) is 13.7. The van der Waals surface area contributed by atoms with Crippen LogP contribution in [0.1, 0.15) is 0 Å². The van der Waals surface area contributed by atoms with Crippen molar-refractivity contribution in [3.05, 3.63) is 48.5 Å². The summed E-state index contributed by atoms with van der Waals surface area (Å²) >= 11 is 0. The van der Waals surface area contributed by atoms with E-state index in [0.29, 0.717) is 37.1 Å². The van der Waals surface area contributed by atoms with Crippen LogP contribution in [0, 0.1) is 11.8 Å². The molecule has 0 fully saturated rings. The number of anilines is 2. The molecule has 0 saturated carbocycles. The van der Waals surface area contributed by atoms with Crippen molar-refractivity contribution in [2.45, 2.75) is 0 Å². The minimum Gasteiger partial charge on any atom is -0.481 e. The topological polar surface area (TPSA) is 179 Å². The van der Waals surface area contributed by atoms with Gasteiger partial charge in [0, 0.05) is 11.4 Å². The molecule has 0 unspecified atom stereocenters. The van der Waals surface area contributed by atoms with Crippen LogP contribution in [0.15, 0.2) is 48.5 Å². The van der Waals surface area contributed by atoms with Crippen LogP contribution >= 0.6 is 0 Å². The largest absolute Gasteiger partial charge is 0.481 e. The average molecular weight is 461 g/mol. The summed E-state index contributed by atoms with van der Waals surface area (Å²) in [6.45, 7) is 0.629. The molecule has 0 amide bonds. The predicted molar refractivity (Wildman–Crippen MR) is 115 cm³/mol. The molecule has 0 bridgehead atoms. The van der Waals surface area contributed by atoms with Gasteiger partial charge in [0.2, 0.25) is 0 Å². The molecule has 166 valence electrons. The fourth-order valence-electron chi connectivity index (χ4n) is 1.47. The van der Waals surface area contributed by atoms with Crippen LogP contribution < -0.4 is 20.9 Å². The van der Waals surface area contributed by atoms with E-state index in [1.54, 1.807) is 24.3 Å². The summed E-state index contributed by atoms with van der Waals surface area (Å²) in [5.74, 6) is 7.24. The van der Waals surface area contributed by atoms with Crippen LogP contribution in [0.3, 0.4) is 0 Å². The number of rotatable bonds is 4. The van der Waals surface area contributed by atoms with Crippen LogP contribution in [-0.4, -0.2) is 51.7 Å². The van der Waals surface area contributed by atoms with E-state index in [-0.39, 0.29) is 0 Å². The Balaban J connectivity index is 0.000000702.